The van der Waals surface area contributed by atoms with Gasteiger partial charge in [0.05, 0.1) is 54.1 Å². The maximum Gasteiger partial charge on any atom is 0.338 e. The summed E-state index contributed by atoms with van der Waals surface area (Å²) in [7, 11) is 0. The summed E-state index contributed by atoms with van der Waals surface area (Å²) in [4.78, 5) is 112. The molecule has 93 heavy (non-hydrogen) atoms. The van der Waals surface area contributed by atoms with E-state index in [2.05, 4.69) is 51.3 Å². The first-order valence-corrected chi connectivity index (χ1v) is 34.0. The van der Waals surface area contributed by atoms with Crippen molar-refractivity contribution in [2.45, 2.75) is 78.0 Å². The summed E-state index contributed by atoms with van der Waals surface area (Å²) in [5.41, 5.74) is 4.47. The van der Waals surface area contributed by atoms with Crippen LogP contribution in [0.3, 0.4) is 0 Å². The number of carboxylic acid groups (broad SMARTS) is 1. The number of urea groups is 2. The third-order valence-corrected chi connectivity index (χ3v) is 20.1. The summed E-state index contributed by atoms with van der Waals surface area (Å²) in [6.45, 7) is 13.7. The third kappa shape index (κ3) is 14.9. The molecule has 0 aliphatic carbocycles. The van der Waals surface area contributed by atoms with Crippen molar-refractivity contribution in [2.24, 2.45) is 15.4 Å². The van der Waals surface area contributed by atoms with Crippen LogP contribution in [0.4, 0.5) is 29.2 Å². The molecule has 0 radical (unpaired) electrons. The lowest BCUT2D eigenvalue weighted by Crippen LogP contribution is -2.53. The number of thiazole rings is 3. The predicted molar refractivity (Wildman–Crippen MR) is 354 cm³/mol. The van der Waals surface area contributed by atoms with E-state index in [1.807, 2.05) is 50.2 Å². The molecule has 3 N–H and O–H groups in total. The number of hydrogen-bond donors (Lipinski definition) is 3. The molecule has 4 fully saturated rings. The average molecular weight is 1410 g/mol. The Kier molecular flexibility index (Phi) is 20.6. The van der Waals surface area contributed by atoms with E-state index in [-0.39, 0.29) is 53.7 Å². The minimum atomic E-state index is -0.900. The number of nitrogens with zero attached hydrogens (tertiary/aromatic N) is 11. The first kappa shape index (κ1) is 66.6. The Bertz CT molecular complexity index is 3960. The Hall–Kier alpha value is -7.86. The quantitative estimate of drug-likeness (QED) is 0.0602. The van der Waals surface area contributed by atoms with E-state index >= 15 is 0 Å². The molecule has 6 aliphatic rings. The van der Waals surface area contributed by atoms with Gasteiger partial charge >= 0.3 is 30.0 Å². The number of carboxylic acids is 1. The normalized spacial score (nSPS) is 20.1. The predicted octanol–water partition coefficient (Wildman–Crippen LogP) is 9.68. The Morgan fingerprint density at radius 1 is 0.720 bits per heavy atom. The highest BCUT2D eigenvalue weighted by molar-refractivity contribution is 9.10. The van der Waals surface area contributed by atoms with Crippen molar-refractivity contribution in [1.82, 2.24) is 45.2 Å². The summed E-state index contributed by atoms with van der Waals surface area (Å²) in [6, 6.07) is 13.9. The molecule has 0 saturated carbocycles. The summed E-state index contributed by atoms with van der Waals surface area (Å²) < 4.78 is 39.6. The van der Waals surface area contributed by atoms with E-state index in [1.165, 1.54) is 64.3 Å². The number of piperazine rings is 2. The monoisotopic (exact) mass is 1410 g/mol. The Morgan fingerprint density at radius 2 is 1.25 bits per heavy atom. The summed E-state index contributed by atoms with van der Waals surface area (Å²) in [5, 5.41) is 23.9. The number of esters is 2. The number of Topliss-reactive ketones (excluding diaryl/α,β-unsaturated/α-hetero) is 1. The first-order chi connectivity index (χ1) is 44.7. The van der Waals surface area contributed by atoms with Gasteiger partial charge in [0.25, 0.3) is 0 Å². The van der Waals surface area contributed by atoms with Crippen LogP contribution in [-0.2, 0) is 41.5 Å². The van der Waals surface area contributed by atoms with Gasteiger partial charge in [-0.15, -0.1) is 34.0 Å². The lowest BCUT2D eigenvalue weighted by Gasteiger charge is -2.38. The minimum Gasteiger partial charge on any atom is -0.481 e. The van der Waals surface area contributed by atoms with Crippen LogP contribution < -0.4 is 20.4 Å². The number of ether oxygens (including phenoxy) is 2. The maximum absolute atomic E-state index is 14.1. The van der Waals surface area contributed by atoms with Crippen molar-refractivity contribution in [1.29, 1.82) is 0 Å². The highest BCUT2D eigenvalue weighted by Crippen LogP contribution is 2.40. The highest BCUT2D eigenvalue weighted by Gasteiger charge is 2.45. The number of fused-ring (bicyclic) bond motifs is 2. The topological polar surface area (TPSA) is 248 Å². The summed E-state index contributed by atoms with van der Waals surface area (Å²) in [5.74, 6) is -1.74. The van der Waals surface area contributed by atoms with Crippen molar-refractivity contribution in [3.8, 4) is 0 Å². The molecule has 3 aromatic carbocycles. The Labute approximate surface area is 560 Å². The molecule has 488 valence electrons. The second-order valence-electron chi connectivity index (χ2n) is 23.5. The number of rotatable bonds is 20. The number of benzene rings is 3. The van der Waals surface area contributed by atoms with Crippen molar-refractivity contribution in [3.05, 3.63) is 165 Å². The van der Waals surface area contributed by atoms with Gasteiger partial charge in [0.15, 0.2) is 26.8 Å². The van der Waals surface area contributed by atoms with Crippen LogP contribution in [0.5, 0.6) is 0 Å². The fourth-order valence-electron chi connectivity index (χ4n) is 12.0. The highest BCUT2D eigenvalue weighted by atomic mass is 79.9. The van der Waals surface area contributed by atoms with Gasteiger partial charge in [-0.05, 0) is 95.0 Å². The summed E-state index contributed by atoms with van der Waals surface area (Å²) in [6.07, 6.45) is 4.71. The third-order valence-electron chi connectivity index (χ3n) is 16.6. The van der Waals surface area contributed by atoms with E-state index < -0.39 is 47.0 Å². The van der Waals surface area contributed by atoms with Crippen molar-refractivity contribution in [2.75, 3.05) is 88.5 Å². The lowest BCUT2D eigenvalue weighted by molar-refractivity contribution is -0.147. The molecule has 4 saturated heterocycles. The second-order valence-corrected chi connectivity index (χ2v) is 27.4. The summed E-state index contributed by atoms with van der Waals surface area (Å²) >= 11 is 14.2. The zero-order valence-electron chi connectivity index (χ0n) is 51.4. The molecule has 9 heterocycles. The van der Waals surface area contributed by atoms with Crippen LogP contribution >= 0.6 is 61.5 Å². The molecule has 22 nitrogen and oxygen atoms in total. The van der Waals surface area contributed by atoms with Gasteiger partial charge in [-0.25, -0.2) is 42.9 Å². The molecule has 0 spiro atoms. The molecule has 29 heteroatoms. The number of nitrogens with one attached hydrogen (secondary N) is 2. The molecule has 6 aromatic rings. The number of aryl methyl sites for hydroxylation is 1. The number of aliphatic imine (C=N–C) groups is 2. The van der Waals surface area contributed by atoms with Crippen LogP contribution in [-0.4, -0.2) is 178 Å². The molecule has 4 atom stereocenters. The Balaban J connectivity index is 0.000000191. The zero-order chi connectivity index (χ0) is 65.8. The Morgan fingerprint density at radius 3 is 1.75 bits per heavy atom. The van der Waals surface area contributed by atoms with E-state index in [0.29, 0.717) is 144 Å². The first-order valence-electron chi connectivity index (χ1n) is 30.2. The van der Waals surface area contributed by atoms with Gasteiger partial charge in [-0.3, -0.25) is 34.4 Å². The molecule has 3 aromatic heterocycles. The van der Waals surface area contributed by atoms with Gasteiger partial charge in [0.2, 0.25) is 0 Å². The molecule has 6 aliphatic heterocycles. The number of amides is 4. The van der Waals surface area contributed by atoms with Crippen LogP contribution in [0.25, 0.3) is 0 Å². The van der Waals surface area contributed by atoms with Crippen molar-refractivity contribution >= 4 is 120 Å². The van der Waals surface area contributed by atoms with Gasteiger partial charge < -0.3 is 39.8 Å². The SMILES string of the molecule is CCOC(=O)C1=C(CN2CCN3C(=O)N(c4ccc(CC(C)(C)C(=O)O)cc4)C[C@@H]3C2)NC(c2nccs2)=N[C@H]1c1ccc(F)cc1Cl.CCOC(=O)C1=C(CN2CCN3C(=O)N(c4nc(CCC(C)=O)cs4)C[C@@H]3C2)NC(c2nccs2)=N[C@H]1c1ccc(F)cc1Br. The van der Waals surface area contributed by atoms with Gasteiger partial charge in [-0.1, -0.05) is 51.8 Å². The van der Waals surface area contributed by atoms with Gasteiger partial charge in [0.1, 0.15) is 29.5 Å². The molecule has 0 bridgehead atoms. The number of carbonyl (C=O) groups is 6. The average Bonchev–Trinajstić information content (AvgIpc) is 1.78. The van der Waals surface area contributed by atoms with E-state index in [9.17, 15) is 42.7 Å². The van der Waals surface area contributed by atoms with Gasteiger partial charge in [0, 0.05) is 126 Å². The number of anilines is 2. The van der Waals surface area contributed by atoms with Crippen molar-refractivity contribution < 1.29 is 52.1 Å². The standard InChI is InChI=1S/C34H36ClFN6O5S.C30H31BrFN7O4S2/c1-4-47-31(43)27-26(38-29(30-37-11-14-48-30)39-28(27)24-10-7-21(36)15-25(24)35)19-40-12-13-41-23(17-40)18-42(33(41)46)22-8-5-20(6-9-22)16-34(2,3)32(44)45;1-3-43-28(41)24-23(35-26(27-33-8-11-44-27)36-25(24)21-7-5-18(32)12-22(21)31)15-37-9-10-38-20(13-37)14-39(30(38)42)29-34-19(16-45-29)6-4-17(2)40/h5-11,14-15,23,28H,4,12-13,16-19H2,1-3H3,(H,38,39)(H,44,45);5,7-8,11-12,16,20,25H,3-4,6,9-10,13-15H2,1-2H3,(H,35,36)/t23-,28-;20-,25-/m00/s1. The number of halogens is 4. The minimum absolute atomic E-state index is 0.0693. The number of ketones is 1. The molecule has 12 rings (SSSR count). The smallest absolute Gasteiger partial charge is 0.338 e. The van der Waals surface area contributed by atoms with Crippen LogP contribution in [0.2, 0.25) is 5.02 Å². The van der Waals surface area contributed by atoms with Crippen LogP contribution in [0, 0.1) is 17.0 Å². The van der Waals surface area contributed by atoms with Crippen LogP contribution in [0.1, 0.15) is 85.5 Å². The lowest BCUT2D eigenvalue weighted by atomic mass is 9.86. The van der Waals surface area contributed by atoms with Gasteiger partial charge in [-0.2, -0.15) is 0 Å². The molecule has 4 amide bonds. The largest absolute Gasteiger partial charge is 0.481 e. The van der Waals surface area contributed by atoms with E-state index in [0.717, 1.165) is 16.9 Å². The number of hydrogen-bond acceptors (Lipinski definition) is 20. The second kappa shape index (κ2) is 28.8. The van der Waals surface area contributed by atoms with Crippen molar-refractivity contribution in [3.63, 3.8) is 0 Å². The van der Waals surface area contributed by atoms with E-state index in [4.69, 9.17) is 31.1 Å². The zero-order valence-corrected chi connectivity index (χ0v) is 56.2. The number of aromatic nitrogens is 3. The number of carbonyl (C=O) groups excluding carboxylic acids is 5. The molecular formula is C64H67BrClF2N13O9S3. The van der Waals surface area contributed by atoms with Crippen LogP contribution in [0.15, 0.2) is 126 Å². The fraction of sp³-hybridized carbons (Fsp3) is 0.391. The number of aliphatic carboxylic acids is 1. The molecule has 0 unspecified atom stereocenters. The molecular weight excluding hydrogens is 1340 g/mol. The fourth-order valence-corrected chi connectivity index (χ4v) is 14.9. The number of amidine groups is 2. The maximum atomic E-state index is 14.1. The van der Waals surface area contributed by atoms with E-state index in [1.54, 1.807) is 62.9 Å².